The zero-order valence-corrected chi connectivity index (χ0v) is 11.8. The topological polar surface area (TPSA) is 70.1 Å². The van der Waals surface area contributed by atoms with Crippen molar-refractivity contribution in [2.75, 3.05) is 12.3 Å². The first-order valence-electron chi connectivity index (χ1n) is 6.60. The number of ether oxygens (including phenoxy) is 1. The Morgan fingerprint density at radius 2 is 2.05 bits per heavy atom. The van der Waals surface area contributed by atoms with Crippen LogP contribution in [0, 0.1) is 13.8 Å². The molecule has 0 saturated carbocycles. The van der Waals surface area contributed by atoms with Gasteiger partial charge in [-0.25, -0.2) is 4.79 Å². The summed E-state index contributed by atoms with van der Waals surface area (Å²) in [6, 6.07) is 9.28. The van der Waals surface area contributed by atoms with Crippen molar-refractivity contribution in [3.63, 3.8) is 0 Å². The fourth-order valence-electron chi connectivity index (χ4n) is 2.06. The molecule has 0 unspecified atom stereocenters. The third-order valence-corrected chi connectivity index (χ3v) is 3.05. The van der Waals surface area contributed by atoms with Gasteiger partial charge in [0.05, 0.1) is 12.3 Å². The van der Waals surface area contributed by atoms with Crippen LogP contribution in [0.25, 0.3) is 0 Å². The molecule has 0 aliphatic heterocycles. The summed E-state index contributed by atoms with van der Waals surface area (Å²) in [5, 5.41) is 0. The monoisotopic (exact) mass is 273 g/mol. The molecule has 0 fully saturated rings. The van der Waals surface area contributed by atoms with Crippen molar-refractivity contribution in [1.29, 1.82) is 0 Å². The molecule has 5 nitrogen and oxygen atoms in total. The standard InChI is InChI=1S/C15H19N3O2/c1-11-10-12(2)18(15(19)17-11)8-5-9-20-14-7-4-3-6-13(14)16/h3-4,6-7,10H,5,8-9,16H2,1-2H3. The Morgan fingerprint density at radius 3 is 2.75 bits per heavy atom. The van der Waals surface area contributed by atoms with Crippen LogP contribution in [0.2, 0.25) is 0 Å². The fraction of sp³-hybridized carbons (Fsp3) is 0.333. The molecule has 1 aromatic heterocycles. The van der Waals surface area contributed by atoms with Crippen LogP contribution in [0.5, 0.6) is 5.75 Å². The summed E-state index contributed by atoms with van der Waals surface area (Å²) in [5.41, 5.74) is 7.87. The van der Waals surface area contributed by atoms with Gasteiger partial charge in [-0.3, -0.25) is 4.57 Å². The first kappa shape index (κ1) is 14.1. The number of benzene rings is 1. The van der Waals surface area contributed by atoms with Crippen LogP contribution in [-0.2, 0) is 6.54 Å². The number of hydrogen-bond donors (Lipinski definition) is 1. The molecule has 1 heterocycles. The second-order valence-electron chi connectivity index (χ2n) is 4.71. The summed E-state index contributed by atoms with van der Waals surface area (Å²) in [5.74, 6) is 0.679. The van der Waals surface area contributed by atoms with E-state index >= 15 is 0 Å². The van der Waals surface area contributed by atoms with Crippen LogP contribution in [0.3, 0.4) is 0 Å². The van der Waals surface area contributed by atoms with Gasteiger partial charge >= 0.3 is 5.69 Å². The van der Waals surface area contributed by atoms with E-state index in [0.717, 1.165) is 17.8 Å². The molecular formula is C15H19N3O2. The predicted octanol–water partition coefficient (Wildman–Crippen LogP) is 1.91. The maximum absolute atomic E-state index is 11.8. The number of nitrogen functional groups attached to an aromatic ring is 1. The van der Waals surface area contributed by atoms with Gasteiger partial charge in [-0.05, 0) is 38.5 Å². The van der Waals surface area contributed by atoms with Gasteiger partial charge in [-0.1, -0.05) is 12.1 Å². The normalized spacial score (nSPS) is 10.5. The molecule has 20 heavy (non-hydrogen) atoms. The zero-order chi connectivity index (χ0) is 14.5. The smallest absolute Gasteiger partial charge is 0.347 e. The number of nitrogens with zero attached hydrogens (tertiary/aromatic N) is 2. The lowest BCUT2D eigenvalue weighted by atomic mass is 10.3. The summed E-state index contributed by atoms with van der Waals surface area (Å²) in [6.45, 7) is 4.82. The van der Waals surface area contributed by atoms with Crippen LogP contribution >= 0.6 is 0 Å². The van der Waals surface area contributed by atoms with Crippen molar-refractivity contribution in [1.82, 2.24) is 9.55 Å². The molecule has 0 spiro atoms. The second kappa shape index (κ2) is 6.23. The van der Waals surface area contributed by atoms with Crippen molar-refractivity contribution in [3.8, 4) is 5.75 Å². The van der Waals surface area contributed by atoms with Crippen molar-refractivity contribution in [2.45, 2.75) is 26.8 Å². The third-order valence-electron chi connectivity index (χ3n) is 3.05. The first-order valence-corrected chi connectivity index (χ1v) is 6.60. The van der Waals surface area contributed by atoms with Gasteiger partial charge in [0, 0.05) is 17.9 Å². The minimum atomic E-state index is -0.207. The molecule has 5 heteroatoms. The van der Waals surface area contributed by atoms with Gasteiger partial charge in [0.25, 0.3) is 0 Å². The summed E-state index contributed by atoms with van der Waals surface area (Å²) in [7, 11) is 0. The molecule has 2 aromatic rings. The van der Waals surface area contributed by atoms with Crippen LogP contribution in [0.15, 0.2) is 35.1 Å². The van der Waals surface area contributed by atoms with Crippen molar-refractivity contribution in [2.24, 2.45) is 0 Å². The molecular weight excluding hydrogens is 254 g/mol. The van der Waals surface area contributed by atoms with Crippen LogP contribution in [0.4, 0.5) is 5.69 Å². The number of anilines is 1. The number of aromatic nitrogens is 2. The molecule has 2 N–H and O–H groups in total. The molecule has 0 aliphatic rings. The number of hydrogen-bond acceptors (Lipinski definition) is 4. The van der Waals surface area contributed by atoms with Gasteiger partial charge in [0.1, 0.15) is 5.75 Å². The molecule has 0 amide bonds. The van der Waals surface area contributed by atoms with Crippen LogP contribution in [-0.4, -0.2) is 16.2 Å². The Hall–Kier alpha value is -2.30. The lowest BCUT2D eigenvalue weighted by Gasteiger charge is -2.11. The van der Waals surface area contributed by atoms with Crippen molar-refractivity contribution in [3.05, 3.63) is 52.2 Å². The van der Waals surface area contributed by atoms with Crippen molar-refractivity contribution >= 4 is 5.69 Å². The molecule has 0 bridgehead atoms. The maximum Gasteiger partial charge on any atom is 0.347 e. The van der Waals surface area contributed by atoms with E-state index < -0.39 is 0 Å². The average molecular weight is 273 g/mol. The molecule has 0 radical (unpaired) electrons. The molecule has 0 saturated heterocycles. The average Bonchev–Trinajstić information content (AvgIpc) is 2.38. The van der Waals surface area contributed by atoms with E-state index in [0.29, 0.717) is 24.6 Å². The van der Waals surface area contributed by atoms with E-state index in [-0.39, 0.29) is 5.69 Å². The second-order valence-corrected chi connectivity index (χ2v) is 4.71. The Bertz CT molecular complexity index is 650. The van der Waals surface area contributed by atoms with Gasteiger partial charge in [-0.2, -0.15) is 4.98 Å². The van der Waals surface area contributed by atoms with E-state index in [2.05, 4.69) is 4.98 Å². The molecule has 0 atom stereocenters. The zero-order valence-electron chi connectivity index (χ0n) is 11.8. The molecule has 0 aliphatic carbocycles. The first-order chi connectivity index (χ1) is 9.58. The number of rotatable bonds is 5. The molecule has 106 valence electrons. The Kier molecular flexibility index (Phi) is 4.40. The van der Waals surface area contributed by atoms with Gasteiger partial charge in [0.15, 0.2) is 0 Å². The van der Waals surface area contributed by atoms with Gasteiger partial charge in [0.2, 0.25) is 0 Å². The summed E-state index contributed by atoms with van der Waals surface area (Å²) < 4.78 is 7.26. The van der Waals surface area contributed by atoms with Crippen LogP contribution in [0.1, 0.15) is 17.8 Å². The Balaban J connectivity index is 1.91. The van der Waals surface area contributed by atoms with E-state index in [1.807, 2.05) is 38.1 Å². The number of aryl methyl sites for hydroxylation is 2. The van der Waals surface area contributed by atoms with Gasteiger partial charge in [-0.15, -0.1) is 0 Å². The third kappa shape index (κ3) is 3.38. The highest BCUT2D eigenvalue weighted by Gasteiger charge is 2.03. The van der Waals surface area contributed by atoms with E-state index in [4.69, 9.17) is 10.5 Å². The summed E-state index contributed by atoms with van der Waals surface area (Å²) in [6.07, 6.45) is 0.722. The van der Waals surface area contributed by atoms with Crippen LogP contribution < -0.4 is 16.2 Å². The van der Waals surface area contributed by atoms with Gasteiger partial charge < -0.3 is 10.5 Å². The number of nitrogens with two attached hydrogens (primary N) is 1. The number of para-hydroxylation sites is 2. The Morgan fingerprint density at radius 1 is 1.30 bits per heavy atom. The minimum Gasteiger partial charge on any atom is -0.491 e. The van der Waals surface area contributed by atoms with E-state index in [1.54, 1.807) is 10.6 Å². The highest BCUT2D eigenvalue weighted by molar-refractivity contribution is 5.51. The SMILES string of the molecule is Cc1cc(C)n(CCCOc2ccccc2N)c(=O)n1. The lowest BCUT2D eigenvalue weighted by Crippen LogP contribution is -2.26. The Labute approximate surface area is 118 Å². The van der Waals surface area contributed by atoms with E-state index in [9.17, 15) is 4.79 Å². The quantitative estimate of drug-likeness (QED) is 0.667. The summed E-state index contributed by atoms with van der Waals surface area (Å²) >= 11 is 0. The van der Waals surface area contributed by atoms with Crippen molar-refractivity contribution < 1.29 is 4.74 Å². The highest BCUT2D eigenvalue weighted by atomic mass is 16.5. The predicted molar refractivity (Wildman–Crippen MR) is 78.9 cm³/mol. The summed E-state index contributed by atoms with van der Waals surface area (Å²) in [4.78, 5) is 15.7. The largest absolute Gasteiger partial charge is 0.491 e. The maximum atomic E-state index is 11.8. The minimum absolute atomic E-state index is 0.207. The molecule has 2 rings (SSSR count). The fourth-order valence-corrected chi connectivity index (χ4v) is 2.06. The lowest BCUT2D eigenvalue weighted by molar-refractivity contribution is 0.301. The molecule has 1 aromatic carbocycles. The highest BCUT2D eigenvalue weighted by Crippen LogP contribution is 2.19. The van der Waals surface area contributed by atoms with E-state index in [1.165, 1.54) is 0 Å².